The minimum Gasteiger partial charge on any atom is -0.444 e. The van der Waals surface area contributed by atoms with Gasteiger partial charge in [0, 0.05) is 19.0 Å². The Balaban J connectivity index is 1.67. The summed E-state index contributed by atoms with van der Waals surface area (Å²) >= 11 is 0. The van der Waals surface area contributed by atoms with Crippen LogP contribution in [0, 0.1) is 11.7 Å². The molecule has 6 nitrogen and oxygen atoms in total. The number of hydrogen-bond donors (Lipinski definition) is 1. The Morgan fingerprint density at radius 1 is 1.36 bits per heavy atom. The molecule has 1 N–H and O–H groups in total. The molecule has 136 valence electrons. The average molecular weight is 349 g/mol. The number of likely N-dealkylation sites (tertiary alicyclic amines) is 1. The zero-order valence-electron chi connectivity index (χ0n) is 14.8. The number of carbonyl (C=O) groups is 1. The van der Waals surface area contributed by atoms with E-state index in [1.54, 1.807) is 29.3 Å². The third kappa shape index (κ3) is 4.22. The van der Waals surface area contributed by atoms with Gasteiger partial charge in [-0.25, -0.2) is 14.2 Å². The molecule has 2 aliphatic rings. The number of benzene rings is 1. The molecule has 2 aliphatic heterocycles. The quantitative estimate of drug-likeness (QED) is 0.885. The molecular formula is C18H24FN3O3. The minimum atomic E-state index is -0.518. The number of hydrogen-bond acceptors (Lipinski definition) is 5. The number of carbonyl (C=O) groups excluding carboxylic acids is 1. The normalized spacial score (nSPS) is 21.0. The van der Waals surface area contributed by atoms with Crippen LogP contribution in [0.5, 0.6) is 0 Å². The predicted octanol–water partition coefficient (Wildman–Crippen LogP) is 3.57. The fraction of sp³-hybridized carbons (Fsp3) is 0.500. The summed E-state index contributed by atoms with van der Waals surface area (Å²) in [6.07, 6.45) is 3.19. The lowest BCUT2D eigenvalue weighted by atomic mass is 9.96. The highest BCUT2D eigenvalue weighted by Gasteiger charge is 2.32. The lowest BCUT2D eigenvalue weighted by Crippen LogP contribution is -2.43. The van der Waals surface area contributed by atoms with E-state index in [1.807, 2.05) is 20.8 Å². The van der Waals surface area contributed by atoms with Gasteiger partial charge in [-0.3, -0.25) is 0 Å². The topological polar surface area (TPSA) is 54.0 Å². The van der Waals surface area contributed by atoms with Crippen LogP contribution >= 0.6 is 0 Å². The molecule has 2 heterocycles. The number of hydrazine groups is 1. The average Bonchev–Trinajstić information content (AvgIpc) is 3.03. The van der Waals surface area contributed by atoms with Gasteiger partial charge in [-0.15, -0.1) is 0 Å². The molecule has 3 rings (SSSR count). The molecule has 0 aromatic heterocycles. The predicted molar refractivity (Wildman–Crippen MR) is 91.7 cm³/mol. The maximum Gasteiger partial charge on any atom is 0.410 e. The number of nitrogens with zero attached hydrogens (tertiary/aromatic N) is 2. The van der Waals surface area contributed by atoms with Crippen molar-refractivity contribution < 1.29 is 18.8 Å². The van der Waals surface area contributed by atoms with E-state index < -0.39 is 5.60 Å². The van der Waals surface area contributed by atoms with Gasteiger partial charge in [-0.1, -0.05) is 17.7 Å². The van der Waals surface area contributed by atoms with Gasteiger partial charge < -0.3 is 14.5 Å². The number of rotatable bonds is 2. The van der Waals surface area contributed by atoms with E-state index in [4.69, 9.17) is 9.57 Å². The standard InChI is InChI=1S/C18H24FN3O3/c1-18(2,3)24-17(23)21-10-6-7-13(11-21)16-12-22(20-25-16)15-9-5-4-8-14(15)19/h4-5,8-9,12-13,20H,6-7,10-11H2,1-3H3. The van der Waals surface area contributed by atoms with Gasteiger partial charge >= 0.3 is 6.09 Å². The number of piperidine rings is 1. The van der Waals surface area contributed by atoms with Crippen molar-refractivity contribution in [3.8, 4) is 0 Å². The van der Waals surface area contributed by atoms with Gasteiger partial charge in [0.2, 0.25) is 0 Å². The van der Waals surface area contributed by atoms with Crippen molar-refractivity contribution in [2.75, 3.05) is 18.1 Å². The van der Waals surface area contributed by atoms with Crippen molar-refractivity contribution in [2.24, 2.45) is 5.92 Å². The summed E-state index contributed by atoms with van der Waals surface area (Å²) in [5.74, 6) is 0.400. The summed E-state index contributed by atoms with van der Waals surface area (Å²) in [4.78, 5) is 19.5. The van der Waals surface area contributed by atoms with Gasteiger partial charge in [0.1, 0.15) is 17.2 Å². The van der Waals surface area contributed by atoms with E-state index in [-0.39, 0.29) is 17.8 Å². The van der Waals surface area contributed by atoms with Gasteiger partial charge in [0.25, 0.3) is 0 Å². The summed E-state index contributed by atoms with van der Waals surface area (Å²) in [7, 11) is 0. The van der Waals surface area contributed by atoms with Crippen LogP contribution in [0.25, 0.3) is 0 Å². The van der Waals surface area contributed by atoms with Crippen molar-refractivity contribution in [3.63, 3.8) is 0 Å². The molecule has 1 aromatic rings. The van der Waals surface area contributed by atoms with Crippen molar-refractivity contribution in [2.45, 2.75) is 39.2 Å². The Morgan fingerprint density at radius 2 is 2.12 bits per heavy atom. The monoisotopic (exact) mass is 349 g/mol. The third-order valence-corrected chi connectivity index (χ3v) is 4.11. The number of halogens is 1. The summed E-state index contributed by atoms with van der Waals surface area (Å²) in [6.45, 7) is 6.75. The maximum absolute atomic E-state index is 13.9. The summed E-state index contributed by atoms with van der Waals surface area (Å²) < 4.78 is 19.3. The number of nitrogens with one attached hydrogen (secondary N) is 1. The third-order valence-electron chi connectivity index (χ3n) is 4.11. The zero-order chi connectivity index (χ0) is 18.0. The molecule has 1 amide bonds. The van der Waals surface area contributed by atoms with Gasteiger partial charge in [-0.05, 0) is 45.7 Å². The highest BCUT2D eigenvalue weighted by atomic mass is 19.1. The Hall–Kier alpha value is -2.28. The lowest BCUT2D eigenvalue weighted by molar-refractivity contribution is 0.0131. The summed E-state index contributed by atoms with van der Waals surface area (Å²) in [6, 6.07) is 6.46. The van der Waals surface area contributed by atoms with Crippen LogP contribution in [0.3, 0.4) is 0 Å². The summed E-state index contributed by atoms with van der Waals surface area (Å²) in [5, 5.41) is 1.51. The zero-order valence-corrected chi connectivity index (χ0v) is 14.8. The minimum absolute atomic E-state index is 0.0468. The number of anilines is 1. The Labute approximate surface area is 147 Å². The lowest BCUT2D eigenvalue weighted by Gasteiger charge is -2.33. The molecule has 1 unspecified atom stereocenters. The molecule has 0 spiro atoms. The Bertz CT molecular complexity index is 672. The number of ether oxygens (including phenoxy) is 1. The molecule has 1 atom stereocenters. The van der Waals surface area contributed by atoms with Crippen LogP contribution in [0.4, 0.5) is 14.9 Å². The van der Waals surface area contributed by atoms with Crippen LogP contribution in [0.1, 0.15) is 33.6 Å². The highest BCUT2D eigenvalue weighted by molar-refractivity contribution is 5.68. The van der Waals surface area contributed by atoms with E-state index >= 15 is 0 Å². The summed E-state index contributed by atoms with van der Waals surface area (Å²) in [5.41, 5.74) is 2.58. The molecule has 1 saturated heterocycles. The molecular weight excluding hydrogens is 325 g/mol. The molecule has 1 fully saturated rings. The van der Waals surface area contributed by atoms with Crippen LogP contribution in [-0.2, 0) is 9.57 Å². The number of para-hydroxylation sites is 1. The largest absolute Gasteiger partial charge is 0.444 e. The first-order valence-corrected chi connectivity index (χ1v) is 8.49. The molecule has 0 saturated carbocycles. The van der Waals surface area contributed by atoms with E-state index in [2.05, 4.69) is 5.59 Å². The van der Waals surface area contributed by atoms with Crippen molar-refractivity contribution >= 4 is 11.8 Å². The van der Waals surface area contributed by atoms with E-state index in [9.17, 15) is 9.18 Å². The smallest absolute Gasteiger partial charge is 0.410 e. The fourth-order valence-corrected chi connectivity index (χ4v) is 2.94. The molecule has 0 radical (unpaired) electrons. The van der Waals surface area contributed by atoms with E-state index in [0.717, 1.165) is 12.8 Å². The van der Waals surface area contributed by atoms with Crippen LogP contribution in [-0.4, -0.2) is 29.7 Å². The Morgan fingerprint density at radius 3 is 2.84 bits per heavy atom. The van der Waals surface area contributed by atoms with Crippen molar-refractivity contribution in [3.05, 3.63) is 42.0 Å². The molecule has 7 heteroatoms. The van der Waals surface area contributed by atoms with Crippen LogP contribution < -0.4 is 10.6 Å². The highest BCUT2D eigenvalue weighted by Crippen LogP contribution is 2.29. The Kier molecular flexibility index (Phi) is 4.85. The maximum atomic E-state index is 13.9. The van der Waals surface area contributed by atoms with Crippen molar-refractivity contribution in [1.29, 1.82) is 0 Å². The fourth-order valence-electron chi connectivity index (χ4n) is 2.94. The van der Waals surface area contributed by atoms with E-state index in [1.165, 1.54) is 11.1 Å². The number of amides is 1. The second-order valence-electron chi connectivity index (χ2n) is 7.31. The van der Waals surface area contributed by atoms with Gasteiger partial charge in [0.05, 0.1) is 11.9 Å². The second kappa shape index (κ2) is 6.92. The van der Waals surface area contributed by atoms with Gasteiger partial charge in [-0.2, -0.15) is 0 Å². The molecule has 0 bridgehead atoms. The molecule has 0 aliphatic carbocycles. The van der Waals surface area contributed by atoms with Gasteiger partial charge in [0.15, 0.2) is 0 Å². The van der Waals surface area contributed by atoms with Crippen LogP contribution in [0.2, 0.25) is 0 Å². The van der Waals surface area contributed by atoms with Crippen molar-refractivity contribution in [1.82, 2.24) is 10.5 Å². The first-order chi connectivity index (χ1) is 11.8. The SMILES string of the molecule is CC(C)(C)OC(=O)N1CCCC(C2=CN(c3ccccc3F)NO2)C1. The molecule has 1 aromatic carbocycles. The van der Waals surface area contributed by atoms with E-state index in [0.29, 0.717) is 24.5 Å². The van der Waals surface area contributed by atoms with Crippen LogP contribution in [0.15, 0.2) is 36.2 Å². The molecule has 25 heavy (non-hydrogen) atoms. The first kappa shape index (κ1) is 17.5. The first-order valence-electron chi connectivity index (χ1n) is 8.49. The second-order valence-corrected chi connectivity index (χ2v) is 7.31.